The van der Waals surface area contributed by atoms with E-state index in [0.29, 0.717) is 43.2 Å². The van der Waals surface area contributed by atoms with Crippen molar-refractivity contribution in [2.45, 2.75) is 50.7 Å². The maximum absolute atomic E-state index is 12.5. The number of nitrogens with zero attached hydrogens (tertiary/aromatic N) is 7. The normalized spacial score (nSPS) is 14.6. The number of fused-ring (bicyclic) bond motifs is 1. The highest BCUT2D eigenvalue weighted by atomic mass is 32.2. The molecule has 31 heavy (non-hydrogen) atoms. The van der Waals surface area contributed by atoms with Gasteiger partial charge in [-0.25, -0.2) is 9.78 Å². The minimum absolute atomic E-state index is 0.397. The van der Waals surface area contributed by atoms with Crippen LogP contribution in [-0.2, 0) is 30.6 Å². The summed E-state index contributed by atoms with van der Waals surface area (Å²) in [6, 6.07) is 0. The third-order valence-electron chi connectivity index (χ3n) is 5.45. The third kappa shape index (κ3) is 4.13. The number of rotatable bonds is 8. The van der Waals surface area contributed by atoms with Gasteiger partial charge in [0.25, 0.3) is 5.56 Å². The van der Waals surface area contributed by atoms with Crippen LogP contribution in [0.15, 0.2) is 14.7 Å². The molecule has 0 spiro atoms. The van der Waals surface area contributed by atoms with E-state index in [4.69, 9.17) is 9.72 Å². The van der Waals surface area contributed by atoms with Crippen LogP contribution in [0, 0.1) is 0 Å². The van der Waals surface area contributed by atoms with Crippen LogP contribution in [-0.4, -0.2) is 60.2 Å². The van der Waals surface area contributed by atoms with E-state index in [2.05, 4.69) is 27.0 Å². The Hall–Kier alpha value is -2.60. The summed E-state index contributed by atoms with van der Waals surface area (Å²) in [5, 5.41) is 9.46. The molecule has 3 aromatic heterocycles. The van der Waals surface area contributed by atoms with Gasteiger partial charge in [-0.2, -0.15) is 0 Å². The summed E-state index contributed by atoms with van der Waals surface area (Å²) in [7, 11) is 1.95. The molecule has 12 heteroatoms. The maximum Gasteiger partial charge on any atom is 0.330 e. The number of unbranched alkanes of at least 4 members (excludes halogenated alkanes) is 1. The molecular formula is C19H28N8O3S. The van der Waals surface area contributed by atoms with Gasteiger partial charge in [-0.05, 0) is 13.3 Å². The van der Waals surface area contributed by atoms with E-state index in [-0.39, 0.29) is 0 Å². The number of anilines is 1. The Balaban J connectivity index is 1.63. The number of aromatic amines is 1. The first-order valence-electron chi connectivity index (χ1n) is 10.6. The average molecular weight is 449 g/mol. The molecule has 1 N–H and O–H groups in total. The van der Waals surface area contributed by atoms with Crippen LogP contribution in [0.5, 0.6) is 0 Å². The Morgan fingerprint density at radius 1 is 1.13 bits per heavy atom. The van der Waals surface area contributed by atoms with Gasteiger partial charge >= 0.3 is 5.69 Å². The second kappa shape index (κ2) is 9.27. The Kier molecular flexibility index (Phi) is 6.46. The predicted molar refractivity (Wildman–Crippen MR) is 119 cm³/mol. The lowest BCUT2D eigenvalue weighted by Gasteiger charge is -2.27. The Morgan fingerprint density at radius 3 is 2.61 bits per heavy atom. The lowest BCUT2D eigenvalue weighted by atomic mass is 10.3. The van der Waals surface area contributed by atoms with Gasteiger partial charge in [0, 0.05) is 33.2 Å². The molecule has 4 heterocycles. The fourth-order valence-electron chi connectivity index (χ4n) is 3.79. The van der Waals surface area contributed by atoms with Crippen molar-refractivity contribution < 1.29 is 4.74 Å². The van der Waals surface area contributed by atoms with Crippen molar-refractivity contribution in [2.75, 3.05) is 31.2 Å². The lowest BCUT2D eigenvalue weighted by molar-refractivity contribution is 0.121. The summed E-state index contributed by atoms with van der Waals surface area (Å²) in [6.45, 7) is 8.10. The topological polar surface area (TPSA) is 116 Å². The smallest absolute Gasteiger partial charge is 0.330 e. The van der Waals surface area contributed by atoms with Gasteiger partial charge in [0.15, 0.2) is 16.3 Å². The highest BCUT2D eigenvalue weighted by molar-refractivity contribution is 7.98. The van der Waals surface area contributed by atoms with Crippen LogP contribution in [0.3, 0.4) is 0 Å². The lowest BCUT2D eigenvalue weighted by Crippen LogP contribution is -2.37. The number of morpholine rings is 1. The highest BCUT2D eigenvalue weighted by Crippen LogP contribution is 2.25. The van der Waals surface area contributed by atoms with Crippen molar-refractivity contribution in [3.05, 3.63) is 26.7 Å². The molecule has 0 atom stereocenters. The van der Waals surface area contributed by atoms with E-state index >= 15 is 0 Å². The van der Waals surface area contributed by atoms with Crippen molar-refractivity contribution in [2.24, 2.45) is 7.05 Å². The average Bonchev–Trinajstić information content (AvgIpc) is 3.33. The van der Waals surface area contributed by atoms with E-state index in [1.807, 2.05) is 23.1 Å². The van der Waals surface area contributed by atoms with Crippen molar-refractivity contribution >= 4 is 28.9 Å². The predicted octanol–water partition coefficient (Wildman–Crippen LogP) is 0.964. The maximum atomic E-state index is 12.5. The molecule has 0 unspecified atom stereocenters. The first-order chi connectivity index (χ1) is 15.0. The van der Waals surface area contributed by atoms with Crippen LogP contribution in [0.25, 0.3) is 11.2 Å². The summed E-state index contributed by atoms with van der Waals surface area (Å²) in [6.07, 6.45) is 1.79. The summed E-state index contributed by atoms with van der Waals surface area (Å²) < 4.78 is 10.8. The van der Waals surface area contributed by atoms with Gasteiger partial charge < -0.3 is 14.2 Å². The fraction of sp³-hybridized carbons (Fsp3) is 0.632. The molecule has 0 aromatic carbocycles. The zero-order valence-corrected chi connectivity index (χ0v) is 18.9. The van der Waals surface area contributed by atoms with E-state index in [1.165, 1.54) is 11.8 Å². The SMILES string of the molecule is CCCCn1c(=O)[nH]c(=O)c2c1nc(CSc1nnc(N3CCOCC3)n1C)n2CC. The van der Waals surface area contributed by atoms with Gasteiger partial charge in [0.2, 0.25) is 5.95 Å². The molecule has 0 aliphatic carbocycles. The first-order valence-corrected chi connectivity index (χ1v) is 11.6. The van der Waals surface area contributed by atoms with Crippen LogP contribution in [0.1, 0.15) is 32.5 Å². The van der Waals surface area contributed by atoms with Gasteiger partial charge in [-0.3, -0.25) is 18.9 Å². The molecule has 3 aromatic rings. The number of imidazole rings is 1. The number of ether oxygens (including phenoxy) is 1. The first kappa shape index (κ1) is 21.6. The summed E-state index contributed by atoms with van der Waals surface area (Å²) in [5.41, 5.74) is 0.0911. The molecule has 1 fully saturated rings. The third-order valence-corrected chi connectivity index (χ3v) is 6.47. The molecular weight excluding hydrogens is 420 g/mol. The van der Waals surface area contributed by atoms with Gasteiger partial charge in [0.05, 0.1) is 19.0 Å². The monoisotopic (exact) mass is 448 g/mol. The van der Waals surface area contributed by atoms with Crippen LogP contribution in [0.4, 0.5) is 5.95 Å². The van der Waals surface area contributed by atoms with Gasteiger partial charge in [-0.1, -0.05) is 25.1 Å². The number of aryl methyl sites for hydroxylation is 2. The van der Waals surface area contributed by atoms with E-state index in [9.17, 15) is 9.59 Å². The molecule has 0 saturated carbocycles. The molecule has 1 aliphatic heterocycles. The van der Waals surface area contributed by atoms with Crippen molar-refractivity contribution in [1.82, 2.24) is 33.9 Å². The van der Waals surface area contributed by atoms with Crippen molar-refractivity contribution in [1.29, 1.82) is 0 Å². The van der Waals surface area contributed by atoms with Crippen molar-refractivity contribution in [3.63, 3.8) is 0 Å². The minimum Gasteiger partial charge on any atom is -0.378 e. The summed E-state index contributed by atoms with van der Waals surface area (Å²) >= 11 is 1.51. The molecule has 1 saturated heterocycles. The Labute approximate surface area is 183 Å². The van der Waals surface area contributed by atoms with E-state index in [1.54, 1.807) is 4.57 Å². The number of hydrogen-bond donors (Lipinski definition) is 1. The van der Waals surface area contributed by atoms with Crippen LogP contribution >= 0.6 is 11.8 Å². The summed E-state index contributed by atoms with van der Waals surface area (Å²) in [5.74, 6) is 2.07. The largest absolute Gasteiger partial charge is 0.378 e. The molecule has 0 radical (unpaired) electrons. The molecule has 4 rings (SSSR count). The van der Waals surface area contributed by atoms with Crippen molar-refractivity contribution in [3.8, 4) is 0 Å². The second-order valence-electron chi connectivity index (χ2n) is 7.44. The highest BCUT2D eigenvalue weighted by Gasteiger charge is 2.21. The molecule has 11 nitrogen and oxygen atoms in total. The quantitative estimate of drug-likeness (QED) is 0.507. The Morgan fingerprint density at radius 2 is 1.90 bits per heavy atom. The molecule has 0 bridgehead atoms. The number of thioether (sulfide) groups is 1. The fourth-order valence-corrected chi connectivity index (χ4v) is 4.65. The second-order valence-corrected chi connectivity index (χ2v) is 8.38. The number of aromatic nitrogens is 7. The van der Waals surface area contributed by atoms with Crippen LogP contribution in [0.2, 0.25) is 0 Å². The molecule has 168 valence electrons. The minimum atomic E-state index is -0.408. The number of nitrogens with one attached hydrogen (secondary N) is 1. The van der Waals surface area contributed by atoms with E-state index < -0.39 is 11.2 Å². The summed E-state index contributed by atoms with van der Waals surface area (Å²) in [4.78, 5) is 34.2. The van der Waals surface area contributed by atoms with Gasteiger partial charge in [-0.15, -0.1) is 10.2 Å². The molecule has 0 amide bonds. The zero-order valence-electron chi connectivity index (χ0n) is 18.1. The number of H-pyrrole nitrogens is 1. The van der Waals surface area contributed by atoms with E-state index in [0.717, 1.165) is 42.9 Å². The molecule has 1 aliphatic rings. The Bertz CT molecular complexity index is 1170. The number of hydrogen-bond acceptors (Lipinski definition) is 8. The zero-order chi connectivity index (χ0) is 22.0. The standard InChI is InChI=1S/C19H28N8O3S/c1-4-6-7-27-15-14(16(28)21-18(27)29)26(5-2)13(20-15)12-31-19-23-22-17(24(19)3)25-8-10-30-11-9-25/h4-12H2,1-3H3,(H,21,28,29). The van der Waals surface area contributed by atoms with Gasteiger partial charge in [0.1, 0.15) is 5.82 Å². The van der Waals surface area contributed by atoms with Crippen LogP contribution < -0.4 is 16.1 Å².